The van der Waals surface area contributed by atoms with Crippen LogP contribution >= 0.6 is 0 Å². The van der Waals surface area contributed by atoms with Crippen LogP contribution in [-0.4, -0.2) is 20.9 Å². The Balaban J connectivity index is 2.15. The third-order valence-electron chi connectivity index (χ3n) is 2.45. The van der Waals surface area contributed by atoms with Crippen LogP contribution in [0.15, 0.2) is 0 Å². The maximum atomic E-state index is 2.38. The van der Waals surface area contributed by atoms with Gasteiger partial charge in [-0.15, -0.1) is 0 Å². The summed E-state index contributed by atoms with van der Waals surface area (Å²) in [6.07, 6.45) is 10.8. The summed E-state index contributed by atoms with van der Waals surface area (Å²) in [6.45, 7) is 2.38. The van der Waals surface area contributed by atoms with Gasteiger partial charge in [0.25, 0.3) is 0 Å². The number of hydrogen-bond acceptors (Lipinski definition) is 0. The van der Waals surface area contributed by atoms with Crippen molar-refractivity contribution in [2.24, 2.45) is 0 Å². The molecule has 0 bridgehead atoms. The van der Waals surface area contributed by atoms with Gasteiger partial charge in [-0.1, -0.05) is 0 Å². The predicted octanol–water partition coefficient (Wildman–Crippen LogP) is 3.66. The fraction of sp³-hybridized carbons (Fsp3) is 1.00. The van der Waals surface area contributed by atoms with E-state index >= 15 is 0 Å². The Morgan fingerprint density at radius 2 is 1.55 bits per heavy atom. The Bertz CT molecular complexity index is 82.9. The van der Waals surface area contributed by atoms with Gasteiger partial charge in [-0.2, -0.15) is 0 Å². The molecule has 66 valence electrons. The van der Waals surface area contributed by atoms with Crippen LogP contribution in [0.3, 0.4) is 0 Å². The first-order chi connectivity index (χ1) is 5.43. The molecule has 0 aromatic rings. The fourth-order valence-corrected chi connectivity index (χ4v) is 5.07. The average molecular weight is 268 g/mol. The van der Waals surface area contributed by atoms with Crippen molar-refractivity contribution in [3.63, 3.8) is 0 Å². The van der Waals surface area contributed by atoms with Gasteiger partial charge in [-0.3, -0.25) is 0 Å². The molecule has 11 heavy (non-hydrogen) atoms. The van der Waals surface area contributed by atoms with E-state index in [9.17, 15) is 0 Å². The first kappa shape index (κ1) is 9.87. The predicted molar refractivity (Wildman–Crippen MR) is 52.3 cm³/mol. The minimum absolute atomic E-state index is 0.412. The third-order valence-corrected chi connectivity index (χ3v) is 6.10. The van der Waals surface area contributed by atoms with E-state index < -0.39 is 0 Å². The Kier molecular flexibility index (Phi) is 5.67. The topological polar surface area (TPSA) is 0 Å². The second-order valence-corrected chi connectivity index (χ2v) is 7.92. The molecule has 0 saturated heterocycles. The second kappa shape index (κ2) is 6.32. The van der Waals surface area contributed by atoms with Crippen LogP contribution in [-0.2, 0) is 0 Å². The molecule has 1 aliphatic rings. The van der Waals surface area contributed by atoms with Crippen LogP contribution in [0.5, 0.6) is 0 Å². The molecule has 1 saturated carbocycles. The van der Waals surface area contributed by atoms with E-state index in [1.165, 1.54) is 40.5 Å². The van der Waals surface area contributed by atoms with Crippen molar-refractivity contribution < 1.29 is 0 Å². The van der Waals surface area contributed by atoms with Crippen LogP contribution in [0.1, 0.15) is 51.9 Å². The van der Waals surface area contributed by atoms with Crippen molar-refractivity contribution in [3.05, 3.63) is 0 Å². The zero-order valence-corrected chi connectivity index (χ0v) is 9.97. The van der Waals surface area contributed by atoms with Crippen LogP contribution in [0.2, 0.25) is 8.43 Å². The molecule has 0 aliphatic heterocycles. The molecule has 0 atom stereocenters. The molecule has 0 heterocycles. The van der Waals surface area contributed by atoms with Crippen LogP contribution in [0.25, 0.3) is 0 Å². The first-order valence-electron chi connectivity index (χ1n) is 5.05. The first-order valence-corrected chi connectivity index (χ1v) is 8.04. The summed E-state index contributed by atoms with van der Waals surface area (Å²) in [5, 5.41) is 0. The van der Waals surface area contributed by atoms with Crippen LogP contribution in [0, 0.1) is 0 Å². The van der Waals surface area contributed by atoms with Crippen molar-refractivity contribution in [2.45, 2.75) is 60.3 Å². The van der Waals surface area contributed by atoms with Crippen molar-refractivity contribution in [1.82, 2.24) is 0 Å². The molecule has 0 spiro atoms. The summed E-state index contributed by atoms with van der Waals surface area (Å²) in [5.41, 5.74) is 0. The monoisotopic (exact) mass is 270 g/mol. The molecule has 1 heteroatoms. The summed E-state index contributed by atoms with van der Waals surface area (Å²) in [4.78, 5) is 0. The van der Waals surface area contributed by atoms with Crippen LogP contribution in [0.4, 0.5) is 0 Å². The third kappa shape index (κ3) is 4.38. The van der Waals surface area contributed by atoms with E-state index in [4.69, 9.17) is 0 Å². The zero-order valence-electron chi connectivity index (χ0n) is 7.64. The van der Waals surface area contributed by atoms with Gasteiger partial charge < -0.3 is 0 Å². The van der Waals surface area contributed by atoms with Crippen LogP contribution < -0.4 is 0 Å². The maximum absolute atomic E-state index is 2.38. The normalized spacial score (nSPS) is 22.6. The van der Waals surface area contributed by atoms with Gasteiger partial charge in [-0.05, 0) is 0 Å². The van der Waals surface area contributed by atoms with Crippen molar-refractivity contribution in [2.75, 3.05) is 0 Å². The summed E-state index contributed by atoms with van der Waals surface area (Å²) in [5.74, 6) is 0. The molecular formula is C10H20Te. The number of rotatable bonds is 2. The zero-order chi connectivity index (χ0) is 7.94. The van der Waals surface area contributed by atoms with E-state index in [1.807, 2.05) is 0 Å². The molecule has 0 amide bonds. The molecule has 0 unspecified atom stereocenters. The van der Waals surface area contributed by atoms with Gasteiger partial charge >= 0.3 is 81.2 Å². The molecular weight excluding hydrogens is 248 g/mol. The fourth-order valence-electron chi connectivity index (χ4n) is 1.82. The molecule has 0 radical (unpaired) electrons. The summed E-state index contributed by atoms with van der Waals surface area (Å²) in [6, 6.07) is 0. The number of hydrogen-bond donors (Lipinski definition) is 0. The van der Waals surface area contributed by atoms with E-state index in [1.54, 1.807) is 12.8 Å². The van der Waals surface area contributed by atoms with E-state index in [-0.39, 0.29) is 0 Å². The van der Waals surface area contributed by atoms with Gasteiger partial charge in [0.1, 0.15) is 0 Å². The van der Waals surface area contributed by atoms with E-state index in [0.29, 0.717) is 20.9 Å². The molecule has 1 rings (SSSR count). The SMILES string of the molecule is CC[Te]C1CCCCCCC1. The van der Waals surface area contributed by atoms with Gasteiger partial charge in [0.15, 0.2) is 0 Å². The molecule has 0 aromatic carbocycles. The van der Waals surface area contributed by atoms with Crippen molar-refractivity contribution in [1.29, 1.82) is 0 Å². The summed E-state index contributed by atoms with van der Waals surface area (Å²) < 4.78 is 2.74. The molecule has 1 fully saturated rings. The summed E-state index contributed by atoms with van der Waals surface area (Å²) in [7, 11) is 0. The van der Waals surface area contributed by atoms with E-state index in [2.05, 4.69) is 6.92 Å². The molecule has 0 N–H and O–H groups in total. The van der Waals surface area contributed by atoms with E-state index in [0.717, 1.165) is 0 Å². The Morgan fingerprint density at radius 1 is 1.00 bits per heavy atom. The molecule has 0 nitrogen and oxygen atoms in total. The average Bonchev–Trinajstić information content (AvgIpc) is 1.94. The molecule has 0 aromatic heterocycles. The minimum atomic E-state index is 0.412. The van der Waals surface area contributed by atoms with Gasteiger partial charge in [-0.25, -0.2) is 0 Å². The summed E-state index contributed by atoms with van der Waals surface area (Å²) >= 11 is 0.412. The Hall–Kier alpha value is 0.790. The van der Waals surface area contributed by atoms with Crippen molar-refractivity contribution in [3.8, 4) is 0 Å². The molecule has 1 aliphatic carbocycles. The second-order valence-electron chi connectivity index (χ2n) is 3.42. The Labute approximate surface area is 81.2 Å². The quantitative estimate of drug-likeness (QED) is 0.670. The standard InChI is InChI=1S/C10H20Te/c1-2-11-10-8-6-4-3-5-7-9-10/h10H,2-9H2,1H3. The van der Waals surface area contributed by atoms with Gasteiger partial charge in [0.2, 0.25) is 0 Å². The Morgan fingerprint density at radius 3 is 2.09 bits per heavy atom. The van der Waals surface area contributed by atoms with Gasteiger partial charge in [0, 0.05) is 0 Å². The van der Waals surface area contributed by atoms with Crippen molar-refractivity contribution >= 4 is 20.9 Å². The van der Waals surface area contributed by atoms with Gasteiger partial charge in [0.05, 0.1) is 0 Å².